The highest BCUT2D eigenvalue weighted by molar-refractivity contribution is 5.79. The molecule has 6 atom stereocenters. The van der Waals surface area contributed by atoms with Gasteiger partial charge in [-0.1, -0.05) is 19.1 Å². The fourth-order valence-electron chi connectivity index (χ4n) is 6.28. The topological polar surface area (TPSA) is 43.1 Å². The van der Waals surface area contributed by atoms with Crippen LogP contribution in [0.1, 0.15) is 58.3 Å². The smallest absolute Gasteiger partial charge is 0.133 e. The molecule has 0 heterocycles. The van der Waals surface area contributed by atoms with Gasteiger partial charge >= 0.3 is 0 Å². The number of fused-ring (bicyclic) bond motifs is 5. The fourth-order valence-corrected chi connectivity index (χ4v) is 6.28. The Hall–Kier alpha value is -0.630. The maximum Gasteiger partial charge on any atom is 0.133 e. The summed E-state index contributed by atoms with van der Waals surface area (Å²) in [6, 6.07) is 0. The molecule has 110 valence electrons. The molecule has 0 radical (unpaired) electrons. The Kier molecular flexibility index (Phi) is 2.74. The third kappa shape index (κ3) is 1.63. The molecule has 0 aliphatic heterocycles. The van der Waals surface area contributed by atoms with Gasteiger partial charge in [-0.25, -0.2) is 0 Å². The molecule has 4 rings (SSSR count). The molecule has 2 N–H and O–H groups in total. The lowest BCUT2D eigenvalue weighted by atomic mass is 9.46. The van der Waals surface area contributed by atoms with Crippen LogP contribution in [0.4, 0.5) is 0 Å². The average molecular weight is 273 g/mol. The van der Waals surface area contributed by atoms with E-state index in [9.17, 15) is 4.79 Å². The van der Waals surface area contributed by atoms with E-state index in [4.69, 9.17) is 5.73 Å². The minimum Gasteiger partial charge on any atom is -0.322 e. The van der Waals surface area contributed by atoms with Gasteiger partial charge in [0, 0.05) is 18.4 Å². The van der Waals surface area contributed by atoms with Gasteiger partial charge in [0.1, 0.15) is 5.78 Å². The van der Waals surface area contributed by atoms with E-state index >= 15 is 0 Å². The molecule has 0 amide bonds. The molecule has 0 aromatic heterocycles. The second-order valence-corrected chi connectivity index (χ2v) is 8.19. The molecule has 20 heavy (non-hydrogen) atoms. The molecule has 1 unspecified atom stereocenters. The lowest BCUT2D eigenvalue weighted by Gasteiger charge is -2.59. The van der Waals surface area contributed by atoms with E-state index in [0.717, 1.165) is 37.5 Å². The molecule has 0 saturated heterocycles. The van der Waals surface area contributed by atoms with E-state index < -0.39 is 0 Å². The van der Waals surface area contributed by atoms with E-state index in [2.05, 4.69) is 19.1 Å². The van der Waals surface area contributed by atoms with Crippen LogP contribution in [0.3, 0.4) is 0 Å². The molecule has 3 saturated carbocycles. The van der Waals surface area contributed by atoms with Crippen LogP contribution in [0.15, 0.2) is 12.2 Å². The van der Waals surface area contributed by atoms with Gasteiger partial charge < -0.3 is 5.73 Å². The minimum absolute atomic E-state index is 0.00511. The number of nitrogens with two attached hydrogens (primary N) is 1. The van der Waals surface area contributed by atoms with Gasteiger partial charge in [-0.05, 0) is 67.6 Å². The average Bonchev–Trinajstić information content (AvgIpc) is 2.81. The quantitative estimate of drug-likeness (QED) is 0.687. The van der Waals surface area contributed by atoms with Crippen molar-refractivity contribution in [2.24, 2.45) is 34.8 Å². The molecule has 2 nitrogen and oxygen atoms in total. The van der Waals surface area contributed by atoms with E-state index in [1.165, 1.54) is 25.7 Å². The first-order valence-corrected chi connectivity index (χ1v) is 8.51. The largest absolute Gasteiger partial charge is 0.322 e. The molecule has 0 aromatic carbocycles. The summed E-state index contributed by atoms with van der Waals surface area (Å²) < 4.78 is 0. The van der Waals surface area contributed by atoms with Crippen LogP contribution in [0, 0.1) is 29.1 Å². The maximum absolute atomic E-state index is 11.8. The zero-order chi connectivity index (χ0) is 14.0. The minimum atomic E-state index is -0.00511. The summed E-state index contributed by atoms with van der Waals surface area (Å²) in [6.07, 6.45) is 13.6. The highest BCUT2D eigenvalue weighted by Gasteiger charge is 2.57. The molecule has 0 spiro atoms. The van der Waals surface area contributed by atoms with Crippen molar-refractivity contribution in [3.8, 4) is 0 Å². The number of carbonyl (C=O) groups excluding carboxylic acids is 1. The fraction of sp³-hybridized carbons (Fsp3) is 0.833. The number of carbonyl (C=O) groups is 1. The molecule has 2 heteroatoms. The van der Waals surface area contributed by atoms with Crippen LogP contribution in [0.5, 0.6) is 0 Å². The van der Waals surface area contributed by atoms with Gasteiger partial charge in [0.2, 0.25) is 0 Å². The second-order valence-electron chi connectivity index (χ2n) is 8.19. The number of rotatable bonds is 0. The van der Waals surface area contributed by atoms with Gasteiger partial charge in [-0.2, -0.15) is 0 Å². The van der Waals surface area contributed by atoms with E-state index in [1.54, 1.807) is 0 Å². The molecule has 4 aliphatic carbocycles. The summed E-state index contributed by atoms with van der Waals surface area (Å²) in [7, 11) is 0. The highest BCUT2D eigenvalue weighted by atomic mass is 16.1. The van der Waals surface area contributed by atoms with Gasteiger partial charge in [-0.3, -0.25) is 4.79 Å². The van der Waals surface area contributed by atoms with Gasteiger partial charge in [0.25, 0.3) is 0 Å². The Morgan fingerprint density at radius 3 is 2.90 bits per heavy atom. The van der Waals surface area contributed by atoms with Gasteiger partial charge in [0.15, 0.2) is 0 Å². The maximum atomic E-state index is 11.8. The Bertz CT molecular complexity index is 470. The van der Waals surface area contributed by atoms with Crippen molar-refractivity contribution in [1.82, 2.24) is 0 Å². The van der Waals surface area contributed by atoms with Crippen molar-refractivity contribution >= 4 is 5.78 Å². The molecule has 4 aliphatic rings. The van der Waals surface area contributed by atoms with Crippen molar-refractivity contribution in [3.63, 3.8) is 0 Å². The van der Waals surface area contributed by atoms with Crippen molar-refractivity contribution in [2.45, 2.75) is 63.8 Å². The molecular weight excluding hydrogens is 246 g/mol. The van der Waals surface area contributed by atoms with E-state index in [1.807, 2.05) is 0 Å². The predicted molar refractivity (Wildman–Crippen MR) is 80.1 cm³/mol. The Balaban J connectivity index is 1.64. The number of hydrogen-bond donors (Lipinski definition) is 1. The SMILES string of the molecule is C[C@]12CCC(=O)CC1CC[C@H]1[C@@H]3CC=C[C@@]3(N)CC[C@@H]12. The normalized spacial score (nSPS) is 54.2. The molecule has 0 bridgehead atoms. The zero-order valence-corrected chi connectivity index (χ0v) is 12.6. The van der Waals surface area contributed by atoms with Crippen molar-refractivity contribution in [3.05, 3.63) is 12.2 Å². The monoisotopic (exact) mass is 273 g/mol. The first-order chi connectivity index (χ1) is 9.53. The third-order valence-corrected chi connectivity index (χ3v) is 7.48. The zero-order valence-electron chi connectivity index (χ0n) is 12.6. The Morgan fingerprint density at radius 2 is 2.05 bits per heavy atom. The summed E-state index contributed by atoms with van der Waals surface area (Å²) in [4.78, 5) is 11.8. The lowest BCUT2D eigenvalue weighted by molar-refractivity contribution is -0.134. The van der Waals surface area contributed by atoms with Crippen LogP contribution in [-0.2, 0) is 4.79 Å². The molecule has 3 fully saturated rings. The summed E-state index contributed by atoms with van der Waals surface area (Å²) >= 11 is 0. The first kappa shape index (κ1) is 13.1. The molecule has 0 aromatic rings. The summed E-state index contributed by atoms with van der Waals surface area (Å²) in [5.74, 6) is 3.47. The number of hydrogen-bond acceptors (Lipinski definition) is 2. The number of ketones is 1. The third-order valence-electron chi connectivity index (χ3n) is 7.48. The van der Waals surface area contributed by atoms with E-state index in [-0.39, 0.29) is 5.54 Å². The van der Waals surface area contributed by atoms with Crippen LogP contribution in [0.2, 0.25) is 0 Å². The van der Waals surface area contributed by atoms with E-state index in [0.29, 0.717) is 23.0 Å². The van der Waals surface area contributed by atoms with Crippen LogP contribution in [0.25, 0.3) is 0 Å². The number of Topliss-reactive ketones (excluding diaryl/α,β-unsaturated/α-hetero) is 1. The standard InChI is InChI=1S/C18H27NO/c1-17-9-6-13(20)11-12(17)4-5-14-15(17)7-10-18(19)8-2-3-16(14)18/h2,8,12,14-16H,3-7,9-11,19H2,1H3/t12?,14-,15+,16+,17+,18-/m1/s1. The first-order valence-electron chi connectivity index (χ1n) is 8.51. The van der Waals surface area contributed by atoms with Crippen molar-refractivity contribution < 1.29 is 4.79 Å². The summed E-state index contributed by atoms with van der Waals surface area (Å²) in [5, 5.41) is 0. The predicted octanol–water partition coefficient (Wildman–Crippen LogP) is 3.46. The van der Waals surface area contributed by atoms with Crippen LogP contribution < -0.4 is 5.73 Å². The van der Waals surface area contributed by atoms with Crippen molar-refractivity contribution in [2.75, 3.05) is 0 Å². The van der Waals surface area contributed by atoms with Crippen LogP contribution in [-0.4, -0.2) is 11.3 Å². The lowest BCUT2D eigenvalue weighted by Crippen LogP contribution is -2.58. The molecular formula is C18H27NO. The summed E-state index contributed by atoms with van der Waals surface area (Å²) in [6.45, 7) is 2.49. The van der Waals surface area contributed by atoms with Gasteiger partial charge in [0.05, 0.1) is 0 Å². The Labute approximate surface area is 122 Å². The Morgan fingerprint density at radius 1 is 1.20 bits per heavy atom. The highest BCUT2D eigenvalue weighted by Crippen LogP contribution is 2.62. The van der Waals surface area contributed by atoms with Crippen molar-refractivity contribution in [1.29, 1.82) is 0 Å². The second kappa shape index (κ2) is 4.19. The van der Waals surface area contributed by atoms with Crippen LogP contribution >= 0.6 is 0 Å². The van der Waals surface area contributed by atoms with Gasteiger partial charge in [-0.15, -0.1) is 0 Å². The summed E-state index contributed by atoms with van der Waals surface area (Å²) in [5.41, 5.74) is 7.08. The number of allylic oxidation sites excluding steroid dienone is 1.